The van der Waals surface area contributed by atoms with Crippen LogP contribution in [0, 0.1) is 0 Å². The zero-order valence-electron chi connectivity index (χ0n) is 6.46. The summed E-state index contributed by atoms with van der Waals surface area (Å²) in [6.45, 7) is 1.77. The van der Waals surface area contributed by atoms with E-state index in [2.05, 4.69) is 15.9 Å². The third-order valence-corrected chi connectivity index (χ3v) is 2.68. The highest BCUT2D eigenvalue weighted by Crippen LogP contribution is 2.22. The van der Waals surface area contributed by atoms with Gasteiger partial charge in [-0.05, 0) is 22.0 Å². The first-order valence-electron chi connectivity index (χ1n) is 3.84. The van der Waals surface area contributed by atoms with E-state index in [4.69, 9.17) is 4.42 Å². The van der Waals surface area contributed by atoms with Crippen molar-refractivity contribution in [1.29, 1.82) is 0 Å². The van der Waals surface area contributed by atoms with Gasteiger partial charge in [0.1, 0.15) is 11.9 Å². The Kier molecular flexibility index (Phi) is 2.19. The van der Waals surface area contributed by atoms with Gasteiger partial charge in [-0.25, -0.2) is 4.39 Å². The molecule has 1 aliphatic rings. The van der Waals surface area contributed by atoms with Gasteiger partial charge in [-0.2, -0.15) is 0 Å². The molecule has 12 heavy (non-hydrogen) atoms. The van der Waals surface area contributed by atoms with Gasteiger partial charge < -0.3 is 4.42 Å². The Morgan fingerprint density at radius 1 is 1.67 bits per heavy atom. The van der Waals surface area contributed by atoms with Crippen LogP contribution in [0.15, 0.2) is 21.2 Å². The van der Waals surface area contributed by atoms with Gasteiger partial charge >= 0.3 is 0 Å². The summed E-state index contributed by atoms with van der Waals surface area (Å²) in [6, 6.07) is 1.85. The summed E-state index contributed by atoms with van der Waals surface area (Å²) in [5, 5.41) is 0. The van der Waals surface area contributed by atoms with Gasteiger partial charge in [-0.1, -0.05) is 0 Å². The Labute approximate surface area is 78.5 Å². The van der Waals surface area contributed by atoms with Crippen molar-refractivity contribution < 1.29 is 8.81 Å². The van der Waals surface area contributed by atoms with Crippen LogP contribution in [0.25, 0.3) is 0 Å². The molecule has 1 saturated heterocycles. The fraction of sp³-hybridized carbons (Fsp3) is 0.500. The molecule has 66 valence electrons. The van der Waals surface area contributed by atoms with E-state index in [-0.39, 0.29) is 0 Å². The van der Waals surface area contributed by atoms with Crippen molar-refractivity contribution in [3.8, 4) is 0 Å². The Balaban J connectivity index is 1.92. The summed E-state index contributed by atoms with van der Waals surface area (Å²) in [4.78, 5) is 2.01. The molecule has 4 heteroatoms. The van der Waals surface area contributed by atoms with Gasteiger partial charge in [-0.3, -0.25) is 4.90 Å². The number of furan rings is 1. The number of hydrogen-bond acceptors (Lipinski definition) is 2. The highest BCUT2D eigenvalue weighted by Gasteiger charge is 2.27. The lowest BCUT2D eigenvalue weighted by molar-refractivity contribution is 0.0532. The first-order valence-corrected chi connectivity index (χ1v) is 4.63. The third kappa shape index (κ3) is 1.54. The second kappa shape index (κ2) is 3.18. The van der Waals surface area contributed by atoms with Gasteiger partial charge in [0.15, 0.2) is 0 Å². The molecule has 0 bridgehead atoms. The predicted molar refractivity (Wildman–Crippen MR) is 46.6 cm³/mol. The number of alkyl halides is 1. The molecule has 1 aromatic heterocycles. The first-order chi connectivity index (χ1) is 5.75. The number of rotatable bonds is 2. The fourth-order valence-electron chi connectivity index (χ4n) is 1.28. The Bertz CT molecular complexity index is 270. The number of nitrogens with zero attached hydrogens (tertiary/aromatic N) is 1. The standard InChI is InChI=1S/C8H9BrFNO/c9-7-1-2-12-8(7)5-11-3-6(10)4-11/h1-2,6H,3-5H2. The maximum absolute atomic E-state index is 12.4. The summed E-state index contributed by atoms with van der Waals surface area (Å²) in [7, 11) is 0. The topological polar surface area (TPSA) is 16.4 Å². The largest absolute Gasteiger partial charge is 0.467 e. The third-order valence-electron chi connectivity index (χ3n) is 1.97. The average molecular weight is 234 g/mol. The molecule has 2 heterocycles. The summed E-state index contributed by atoms with van der Waals surface area (Å²) >= 11 is 3.35. The zero-order valence-corrected chi connectivity index (χ0v) is 8.05. The molecule has 0 aliphatic carbocycles. The fourth-order valence-corrected chi connectivity index (χ4v) is 1.60. The van der Waals surface area contributed by atoms with Gasteiger partial charge in [0.2, 0.25) is 0 Å². The maximum Gasteiger partial charge on any atom is 0.131 e. The smallest absolute Gasteiger partial charge is 0.131 e. The molecule has 0 amide bonds. The molecule has 1 aromatic rings. The van der Waals surface area contributed by atoms with Crippen molar-refractivity contribution in [3.63, 3.8) is 0 Å². The van der Waals surface area contributed by atoms with Gasteiger partial charge in [-0.15, -0.1) is 0 Å². The van der Waals surface area contributed by atoms with E-state index in [0.717, 1.165) is 10.2 Å². The minimum Gasteiger partial charge on any atom is -0.467 e. The normalized spacial score (nSPS) is 19.5. The summed E-state index contributed by atoms with van der Waals surface area (Å²) in [5.74, 6) is 0.877. The lowest BCUT2D eigenvalue weighted by Gasteiger charge is -2.33. The van der Waals surface area contributed by atoms with E-state index in [1.807, 2.05) is 11.0 Å². The van der Waals surface area contributed by atoms with Crippen molar-refractivity contribution in [2.45, 2.75) is 12.7 Å². The molecule has 0 spiro atoms. The molecule has 0 N–H and O–H groups in total. The van der Waals surface area contributed by atoms with Crippen molar-refractivity contribution in [1.82, 2.24) is 4.90 Å². The van der Waals surface area contributed by atoms with Crippen molar-refractivity contribution in [3.05, 3.63) is 22.6 Å². The molecular formula is C8H9BrFNO. The summed E-state index contributed by atoms with van der Waals surface area (Å²) in [6.07, 6.45) is 0.991. The minimum absolute atomic E-state index is 0.535. The van der Waals surface area contributed by atoms with E-state index in [1.54, 1.807) is 6.26 Å². The molecule has 2 nitrogen and oxygen atoms in total. The quantitative estimate of drug-likeness (QED) is 0.779. The lowest BCUT2D eigenvalue weighted by Crippen LogP contribution is -2.47. The van der Waals surface area contributed by atoms with Crippen LogP contribution in [0.2, 0.25) is 0 Å². The van der Waals surface area contributed by atoms with Gasteiger partial charge in [0.25, 0.3) is 0 Å². The van der Waals surface area contributed by atoms with Gasteiger partial charge in [0.05, 0.1) is 17.3 Å². The van der Waals surface area contributed by atoms with Crippen LogP contribution >= 0.6 is 15.9 Å². The van der Waals surface area contributed by atoms with E-state index >= 15 is 0 Å². The maximum atomic E-state index is 12.4. The van der Waals surface area contributed by atoms with Gasteiger partial charge in [0, 0.05) is 13.1 Å². The van der Waals surface area contributed by atoms with Crippen LogP contribution in [0.3, 0.4) is 0 Å². The molecule has 1 fully saturated rings. The Morgan fingerprint density at radius 3 is 2.92 bits per heavy atom. The molecule has 0 saturated carbocycles. The van der Waals surface area contributed by atoms with E-state index in [9.17, 15) is 4.39 Å². The van der Waals surface area contributed by atoms with Crippen LogP contribution in [0.4, 0.5) is 4.39 Å². The molecular weight excluding hydrogens is 225 g/mol. The number of hydrogen-bond donors (Lipinski definition) is 0. The molecule has 0 atom stereocenters. The molecule has 1 aliphatic heterocycles. The van der Waals surface area contributed by atoms with Crippen LogP contribution in [-0.4, -0.2) is 24.2 Å². The number of halogens is 2. The Hall–Kier alpha value is -0.350. The first kappa shape index (κ1) is 8.26. The second-order valence-corrected chi connectivity index (χ2v) is 3.84. The van der Waals surface area contributed by atoms with E-state index in [1.165, 1.54) is 0 Å². The SMILES string of the molecule is FC1CN(Cc2occc2Br)C1. The summed E-state index contributed by atoms with van der Waals surface area (Å²) in [5.41, 5.74) is 0. The monoisotopic (exact) mass is 233 g/mol. The van der Waals surface area contributed by atoms with Crippen molar-refractivity contribution in [2.24, 2.45) is 0 Å². The lowest BCUT2D eigenvalue weighted by atomic mass is 10.2. The minimum atomic E-state index is -0.640. The molecule has 0 unspecified atom stereocenters. The highest BCUT2D eigenvalue weighted by molar-refractivity contribution is 9.10. The van der Waals surface area contributed by atoms with Crippen LogP contribution in [0.1, 0.15) is 5.76 Å². The summed E-state index contributed by atoms with van der Waals surface area (Å²) < 4.78 is 18.6. The van der Waals surface area contributed by atoms with E-state index in [0.29, 0.717) is 19.6 Å². The number of likely N-dealkylation sites (tertiary alicyclic amines) is 1. The predicted octanol–water partition coefficient (Wildman–Crippen LogP) is 2.20. The van der Waals surface area contributed by atoms with E-state index < -0.39 is 6.17 Å². The highest BCUT2D eigenvalue weighted by atomic mass is 79.9. The van der Waals surface area contributed by atoms with Crippen molar-refractivity contribution in [2.75, 3.05) is 13.1 Å². The second-order valence-electron chi connectivity index (χ2n) is 2.98. The van der Waals surface area contributed by atoms with Crippen LogP contribution in [-0.2, 0) is 6.54 Å². The van der Waals surface area contributed by atoms with Crippen molar-refractivity contribution >= 4 is 15.9 Å². The molecule has 2 rings (SSSR count). The Morgan fingerprint density at radius 2 is 2.42 bits per heavy atom. The average Bonchev–Trinajstić information content (AvgIpc) is 2.33. The van der Waals surface area contributed by atoms with Crippen LogP contribution < -0.4 is 0 Å². The zero-order chi connectivity index (χ0) is 8.55. The molecule has 0 aromatic carbocycles. The molecule has 0 radical (unpaired) electrons. The van der Waals surface area contributed by atoms with Crippen LogP contribution in [0.5, 0.6) is 0 Å².